The van der Waals surface area contributed by atoms with Crippen LogP contribution in [0.25, 0.3) is 11.0 Å². The minimum Gasteiger partial charge on any atom is -0.497 e. The van der Waals surface area contributed by atoms with Crippen LogP contribution in [0.2, 0.25) is 0 Å². The first-order chi connectivity index (χ1) is 13.9. The maximum atomic E-state index is 13.6. The highest BCUT2D eigenvalue weighted by Gasteiger charge is 2.38. The van der Waals surface area contributed by atoms with E-state index in [1.165, 1.54) is 18.2 Å². The Bertz CT molecular complexity index is 1180. The molecule has 2 aromatic carbocycles. The van der Waals surface area contributed by atoms with Crippen LogP contribution in [0.3, 0.4) is 0 Å². The fraction of sp³-hybridized carbons (Fsp3) is 0.318. The Hall–Kier alpha value is -2.64. The second-order valence-corrected chi connectivity index (χ2v) is 9.32. The Labute approximate surface area is 169 Å². The monoisotopic (exact) mass is 413 g/mol. The molecular formula is C22H23NO5S. The largest absolute Gasteiger partial charge is 0.497 e. The van der Waals surface area contributed by atoms with Crippen molar-refractivity contribution in [3.8, 4) is 5.75 Å². The van der Waals surface area contributed by atoms with Gasteiger partial charge in [0.2, 0.25) is 10.0 Å². The molecule has 152 valence electrons. The van der Waals surface area contributed by atoms with E-state index >= 15 is 0 Å². The molecule has 0 amide bonds. The Kier molecular flexibility index (Phi) is 5.19. The van der Waals surface area contributed by atoms with Gasteiger partial charge in [0.15, 0.2) is 0 Å². The van der Waals surface area contributed by atoms with Gasteiger partial charge in [-0.25, -0.2) is 13.2 Å². The van der Waals surface area contributed by atoms with E-state index < -0.39 is 15.6 Å². The van der Waals surface area contributed by atoms with Crippen molar-refractivity contribution >= 4 is 21.0 Å². The van der Waals surface area contributed by atoms with Crippen molar-refractivity contribution < 1.29 is 17.6 Å². The van der Waals surface area contributed by atoms with Crippen LogP contribution in [0.4, 0.5) is 0 Å². The van der Waals surface area contributed by atoms with Gasteiger partial charge in [0.05, 0.1) is 12.0 Å². The number of benzene rings is 2. The summed E-state index contributed by atoms with van der Waals surface area (Å²) >= 11 is 0. The lowest BCUT2D eigenvalue weighted by Crippen LogP contribution is -2.39. The number of hydrogen-bond acceptors (Lipinski definition) is 5. The van der Waals surface area contributed by atoms with Gasteiger partial charge in [0.25, 0.3) is 0 Å². The van der Waals surface area contributed by atoms with Crippen LogP contribution in [0.1, 0.15) is 25.3 Å². The van der Waals surface area contributed by atoms with Crippen LogP contribution in [0, 0.1) is 5.92 Å². The molecule has 0 bridgehead atoms. The zero-order chi connectivity index (χ0) is 20.6. The highest BCUT2D eigenvalue weighted by atomic mass is 32.2. The predicted molar refractivity (Wildman–Crippen MR) is 110 cm³/mol. The lowest BCUT2D eigenvalue weighted by atomic mass is 10.1. The first-order valence-corrected chi connectivity index (χ1v) is 11.0. The molecule has 4 rings (SSSR count). The van der Waals surface area contributed by atoms with E-state index in [4.69, 9.17) is 9.15 Å². The smallest absolute Gasteiger partial charge is 0.336 e. The van der Waals surface area contributed by atoms with Crippen molar-refractivity contribution in [1.82, 2.24) is 4.31 Å². The molecule has 1 aliphatic carbocycles. The molecule has 0 saturated heterocycles. The average Bonchev–Trinajstić information content (AvgIpc) is 3.57. The Morgan fingerprint density at radius 1 is 1.10 bits per heavy atom. The number of nitrogens with zero attached hydrogens (tertiary/aromatic N) is 1. The molecule has 1 aromatic heterocycles. The summed E-state index contributed by atoms with van der Waals surface area (Å²) in [7, 11) is -2.14. The molecule has 0 aliphatic heterocycles. The molecule has 1 saturated carbocycles. The fourth-order valence-corrected chi connectivity index (χ4v) is 5.23. The molecule has 1 fully saturated rings. The average molecular weight is 413 g/mol. The van der Waals surface area contributed by atoms with Crippen molar-refractivity contribution in [1.29, 1.82) is 0 Å². The second-order valence-electron chi connectivity index (χ2n) is 7.43. The van der Waals surface area contributed by atoms with Crippen molar-refractivity contribution in [2.75, 3.05) is 7.11 Å². The Morgan fingerprint density at radius 2 is 1.83 bits per heavy atom. The third kappa shape index (κ3) is 4.06. The van der Waals surface area contributed by atoms with Crippen molar-refractivity contribution in [3.63, 3.8) is 0 Å². The molecular weight excluding hydrogens is 390 g/mol. The topological polar surface area (TPSA) is 76.8 Å². The highest BCUT2D eigenvalue weighted by molar-refractivity contribution is 7.89. The zero-order valence-corrected chi connectivity index (χ0v) is 17.2. The molecule has 3 aromatic rings. The van der Waals surface area contributed by atoms with Gasteiger partial charge in [-0.05, 0) is 67.6 Å². The summed E-state index contributed by atoms with van der Waals surface area (Å²) in [5.74, 6) is 1.11. The van der Waals surface area contributed by atoms with E-state index in [9.17, 15) is 13.2 Å². The Morgan fingerprint density at radius 3 is 2.48 bits per heavy atom. The van der Waals surface area contributed by atoms with Gasteiger partial charge in [-0.15, -0.1) is 0 Å². The standard InChI is InChI=1S/C22H23NO5S/c1-15(17-5-6-17)23(14-16-3-8-19(27-2)9-4-16)29(25,26)20-10-11-21-18(13-20)7-12-22(24)28-21/h3-4,7-13,15,17H,5-6,14H2,1-2H3/t15-/m0/s1. The van der Waals surface area contributed by atoms with Gasteiger partial charge in [-0.2, -0.15) is 4.31 Å². The van der Waals surface area contributed by atoms with Crippen molar-refractivity contribution in [3.05, 3.63) is 70.6 Å². The third-order valence-electron chi connectivity index (χ3n) is 5.45. The molecule has 1 atom stereocenters. The van der Waals surface area contributed by atoms with Crippen molar-refractivity contribution in [2.24, 2.45) is 5.92 Å². The number of sulfonamides is 1. The number of methoxy groups -OCH3 is 1. The van der Waals surface area contributed by atoms with Crippen LogP contribution in [-0.4, -0.2) is 25.9 Å². The normalized spacial score (nSPS) is 15.6. The molecule has 0 spiro atoms. The molecule has 0 unspecified atom stereocenters. The van der Waals surface area contributed by atoms with Crippen LogP contribution in [-0.2, 0) is 16.6 Å². The van der Waals surface area contributed by atoms with E-state index in [1.807, 2.05) is 31.2 Å². The lowest BCUT2D eigenvalue weighted by Gasteiger charge is -2.29. The molecule has 0 N–H and O–H groups in total. The summed E-state index contributed by atoms with van der Waals surface area (Å²) < 4.78 is 39.0. The van der Waals surface area contributed by atoms with Crippen LogP contribution in [0.15, 0.2) is 68.7 Å². The molecule has 1 heterocycles. The van der Waals surface area contributed by atoms with Crippen molar-refractivity contribution in [2.45, 2.75) is 37.2 Å². The van der Waals surface area contributed by atoms with Gasteiger partial charge in [0.1, 0.15) is 11.3 Å². The van der Waals surface area contributed by atoms with Gasteiger partial charge in [0, 0.05) is 24.0 Å². The maximum Gasteiger partial charge on any atom is 0.336 e. The zero-order valence-electron chi connectivity index (χ0n) is 16.4. The highest BCUT2D eigenvalue weighted by Crippen LogP contribution is 2.38. The Balaban J connectivity index is 1.71. The van der Waals surface area contributed by atoms with E-state index in [1.54, 1.807) is 23.5 Å². The second kappa shape index (κ2) is 7.65. The first-order valence-electron chi connectivity index (χ1n) is 9.57. The summed E-state index contributed by atoms with van der Waals surface area (Å²) in [6.45, 7) is 2.25. The maximum absolute atomic E-state index is 13.6. The minimum atomic E-state index is -3.74. The number of ether oxygens (including phenoxy) is 1. The molecule has 6 nitrogen and oxygen atoms in total. The van der Waals surface area contributed by atoms with Crippen LogP contribution in [0.5, 0.6) is 5.75 Å². The first kappa shape index (κ1) is 19.7. The van der Waals surface area contributed by atoms with Crippen LogP contribution < -0.4 is 10.4 Å². The SMILES string of the molecule is COc1ccc(CN([C@@H](C)C2CC2)S(=O)(=O)c2ccc3oc(=O)ccc3c2)cc1. The minimum absolute atomic E-state index is 0.105. The van der Waals surface area contributed by atoms with Gasteiger partial charge in [-0.3, -0.25) is 0 Å². The van der Waals surface area contributed by atoms with E-state index in [-0.39, 0.29) is 17.5 Å². The summed E-state index contributed by atoms with van der Waals surface area (Å²) in [5.41, 5.74) is 0.804. The fourth-order valence-electron chi connectivity index (χ4n) is 3.52. The molecule has 0 radical (unpaired) electrons. The van der Waals surface area contributed by atoms with Gasteiger partial charge in [-0.1, -0.05) is 12.1 Å². The number of rotatable bonds is 7. The van der Waals surface area contributed by atoms with E-state index in [2.05, 4.69) is 0 Å². The van der Waals surface area contributed by atoms with Gasteiger partial charge < -0.3 is 9.15 Å². The summed E-state index contributed by atoms with van der Waals surface area (Å²) in [5, 5.41) is 0.578. The quantitative estimate of drug-likeness (QED) is 0.551. The molecule has 7 heteroatoms. The number of hydrogen-bond donors (Lipinski definition) is 0. The summed E-state index contributed by atoms with van der Waals surface area (Å²) in [4.78, 5) is 11.6. The molecule has 1 aliphatic rings. The van der Waals surface area contributed by atoms with Gasteiger partial charge >= 0.3 is 5.63 Å². The van der Waals surface area contributed by atoms with E-state index in [0.29, 0.717) is 16.9 Å². The summed E-state index contributed by atoms with van der Waals surface area (Å²) in [6, 6.07) is 14.8. The third-order valence-corrected chi connectivity index (χ3v) is 7.38. The lowest BCUT2D eigenvalue weighted by molar-refractivity contribution is 0.303. The number of fused-ring (bicyclic) bond motifs is 1. The summed E-state index contributed by atoms with van der Waals surface area (Å²) in [6.07, 6.45) is 2.08. The predicted octanol–water partition coefficient (Wildman–Crippen LogP) is 3.79. The van der Waals surface area contributed by atoms with Crippen LogP contribution >= 0.6 is 0 Å². The van der Waals surface area contributed by atoms with E-state index in [0.717, 1.165) is 24.2 Å². The molecule has 29 heavy (non-hydrogen) atoms.